The predicted molar refractivity (Wildman–Crippen MR) is 65.8 cm³/mol. The Labute approximate surface area is 106 Å². The summed E-state index contributed by atoms with van der Waals surface area (Å²) < 4.78 is 31.0. The molecule has 0 unspecified atom stereocenters. The second-order valence-corrected chi connectivity index (χ2v) is 5.90. The van der Waals surface area contributed by atoms with E-state index in [0.29, 0.717) is 26.3 Å². The van der Waals surface area contributed by atoms with Crippen molar-refractivity contribution in [2.75, 3.05) is 26.3 Å². The van der Waals surface area contributed by atoms with Crippen molar-refractivity contribution >= 4 is 22.6 Å². The minimum atomic E-state index is -3.59. The van der Waals surface area contributed by atoms with E-state index in [0.717, 1.165) is 0 Å². The number of benzene rings is 1. The maximum Gasteiger partial charge on any atom is 0.488 e. The summed E-state index contributed by atoms with van der Waals surface area (Å²) in [5, 5.41) is 18.1. The number of hydrogen-bond acceptors (Lipinski definition) is 5. The molecule has 0 amide bonds. The first-order chi connectivity index (χ1) is 8.51. The van der Waals surface area contributed by atoms with Crippen LogP contribution in [0.5, 0.6) is 0 Å². The van der Waals surface area contributed by atoms with Crippen molar-refractivity contribution in [2.24, 2.45) is 0 Å². The van der Waals surface area contributed by atoms with E-state index in [2.05, 4.69) is 0 Å². The van der Waals surface area contributed by atoms with Gasteiger partial charge < -0.3 is 14.8 Å². The summed E-state index contributed by atoms with van der Waals surface area (Å²) in [6, 6.07) is 5.66. The highest BCUT2D eigenvalue weighted by molar-refractivity contribution is 7.89. The third-order valence-electron chi connectivity index (χ3n) is 2.76. The van der Waals surface area contributed by atoms with Crippen LogP contribution >= 0.6 is 0 Å². The van der Waals surface area contributed by atoms with Gasteiger partial charge in [0.2, 0.25) is 10.0 Å². The molecule has 18 heavy (non-hydrogen) atoms. The summed E-state index contributed by atoms with van der Waals surface area (Å²) in [5.74, 6) is 0. The molecule has 6 nitrogen and oxygen atoms in total. The maximum atomic E-state index is 12.3. The van der Waals surface area contributed by atoms with Crippen molar-refractivity contribution in [1.82, 2.24) is 4.31 Å². The van der Waals surface area contributed by atoms with Crippen LogP contribution in [0.4, 0.5) is 0 Å². The molecule has 0 saturated carbocycles. The lowest BCUT2D eigenvalue weighted by Gasteiger charge is -2.26. The van der Waals surface area contributed by atoms with Gasteiger partial charge in [0.05, 0.1) is 18.1 Å². The molecule has 2 N–H and O–H groups in total. The molecule has 1 aliphatic heterocycles. The average Bonchev–Trinajstić information content (AvgIpc) is 2.40. The van der Waals surface area contributed by atoms with Gasteiger partial charge in [0.1, 0.15) is 0 Å². The van der Waals surface area contributed by atoms with Gasteiger partial charge in [-0.15, -0.1) is 0 Å². The van der Waals surface area contributed by atoms with Crippen molar-refractivity contribution in [3.8, 4) is 0 Å². The fraction of sp³-hybridized carbons (Fsp3) is 0.400. The van der Waals surface area contributed by atoms with Gasteiger partial charge >= 0.3 is 7.12 Å². The topological polar surface area (TPSA) is 87.1 Å². The van der Waals surface area contributed by atoms with Crippen LogP contribution in [0, 0.1) is 0 Å². The number of sulfonamides is 1. The van der Waals surface area contributed by atoms with Gasteiger partial charge in [-0.25, -0.2) is 8.42 Å². The van der Waals surface area contributed by atoms with Crippen molar-refractivity contribution < 1.29 is 23.2 Å². The Morgan fingerprint density at radius 1 is 1.22 bits per heavy atom. The first-order valence-electron chi connectivity index (χ1n) is 5.56. The third kappa shape index (κ3) is 2.73. The quantitative estimate of drug-likeness (QED) is 0.646. The zero-order valence-corrected chi connectivity index (χ0v) is 10.5. The summed E-state index contributed by atoms with van der Waals surface area (Å²) in [6.45, 7) is 1.38. The molecule has 1 fully saturated rings. The van der Waals surface area contributed by atoms with Crippen LogP contribution in [0.25, 0.3) is 0 Å². The third-order valence-corrected chi connectivity index (χ3v) is 4.66. The molecule has 1 heterocycles. The van der Waals surface area contributed by atoms with Gasteiger partial charge in [0.25, 0.3) is 0 Å². The van der Waals surface area contributed by atoms with E-state index < -0.39 is 17.1 Å². The molecule has 0 radical (unpaired) electrons. The van der Waals surface area contributed by atoms with E-state index in [-0.39, 0.29) is 10.4 Å². The van der Waals surface area contributed by atoms with Gasteiger partial charge in [-0.05, 0) is 17.6 Å². The zero-order valence-electron chi connectivity index (χ0n) is 9.69. The van der Waals surface area contributed by atoms with Crippen LogP contribution in [-0.2, 0) is 14.8 Å². The maximum absolute atomic E-state index is 12.3. The Balaban J connectivity index is 2.31. The highest BCUT2D eigenvalue weighted by atomic mass is 32.2. The smallest absolute Gasteiger partial charge is 0.423 e. The van der Waals surface area contributed by atoms with Crippen LogP contribution < -0.4 is 5.46 Å². The fourth-order valence-corrected chi connectivity index (χ4v) is 3.24. The molecule has 1 aliphatic rings. The fourth-order valence-electron chi connectivity index (χ4n) is 1.77. The normalized spacial score (nSPS) is 17.7. The van der Waals surface area contributed by atoms with Crippen LogP contribution in [-0.4, -0.2) is 56.2 Å². The number of hydrogen-bond donors (Lipinski definition) is 2. The standard InChI is InChI=1S/C10H14BNO5S/c13-11(14)9-2-1-3-10(8-9)18(15,16)12-4-6-17-7-5-12/h1-3,8,13-14H,4-7H2. The SMILES string of the molecule is O=S(=O)(c1cccc(B(O)O)c1)N1CCOCC1. The molecule has 0 aromatic heterocycles. The Bertz CT molecular complexity index is 513. The molecule has 0 bridgehead atoms. The van der Waals surface area contributed by atoms with Crippen LogP contribution in [0.1, 0.15) is 0 Å². The van der Waals surface area contributed by atoms with Crippen molar-refractivity contribution in [3.05, 3.63) is 24.3 Å². The molecule has 1 saturated heterocycles. The number of nitrogens with zero attached hydrogens (tertiary/aromatic N) is 1. The second-order valence-electron chi connectivity index (χ2n) is 3.96. The molecular weight excluding hydrogens is 257 g/mol. The van der Waals surface area contributed by atoms with Crippen LogP contribution in [0.2, 0.25) is 0 Å². The molecule has 0 atom stereocenters. The number of rotatable bonds is 3. The summed E-state index contributed by atoms with van der Waals surface area (Å²) in [7, 11) is -5.26. The van der Waals surface area contributed by atoms with Crippen molar-refractivity contribution in [2.45, 2.75) is 4.90 Å². The van der Waals surface area contributed by atoms with E-state index >= 15 is 0 Å². The number of ether oxygens (including phenoxy) is 1. The highest BCUT2D eigenvalue weighted by Crippen LogP contribution is 2.15. The van der Waals surface area contributed by atoms with Crippen molar-refractivity contribution in [3.63, 3.8) is 0 Å². The summed E-state index contributed by atoms with van der Waals surface area (Å²) >= 11 is 0. The molecule has 1 aromatic carbocycles. The molecule has 2 rings (SSSR count). The molecule has 8 heteroatoms. The first kappa shape index (κ1) is 13.5. The minimum absolute atomic E-state index is 0.0648. The Kier molecular flexibility index (Phi) is 4.03. The summed E-state index contributed by atoms with van der Waals surface area (Å²) in [4.78, 5) is 0.0648. The second kappa shape index (κ2) is 5.37. The van der Waals surface area contributed by atoms with Gasteiger partial charge in [-0.2, -0.15) is 4.31 Å². The predicted octanol–water partition coefficient (Wildman–Crippen LogP) is -1.61. The minimum Gasteiger partial charge on any atom is -0.423 e. The van der Waals surface area contributed by atoms with E-state index in [4.69, 9.17) is 14.8 Å². The Hall–Kier alpha value is -0.925. The first-order valence-corrected chi connectivity index (χ1v) is 7.00. The zero-order chi connectivity index (χ0) is 13.2. The lowest BCUT2D eigenvalue weighted by molar-refractivity contribution is 0.0730. The summed E-state index contributed by atoms with van der Waals surface area (Å²) in [5.41, 5.74) is 0.157. The molecule has 0 spiro atoms. The van der Waals surface area contributed by atoms with Crippen molar-refractivity contribution in [1.29, 1.82) is 0 Å². The largest absolute Gasteiger partial charge is 0.488 e. The van der Waals surface area contributed by atoms with Gasteiger partial charge in [0.15, 0.2) is 0 Å². The van der Waals surface area contributed by atoms with Gasteiger partial charge in [-0.1, -0.05) is 12.1 Å². The average molecular weight is 271 g/mol. The number of morpholine rings is 1. The van der Waals surface area contributed by atoms with E-state index in [9.17, 15) is 8.42 Å². The summed E-state index contributed by atoms with van der Waals surface area (Å²) in [6.07, 6.45) is 0. The Morgan fingerprint density at radius 2 is 1.89 bits per heavy atom. The molecular formula is C10H14BNO5S. The van der Waals surface area contributed by atoms with Gasteiger partial charge in [-0.3, -0.25) is 0 Å². The lowest BCUT2D eigenvalue weighted by atomic mass is 9.80. The Morgan fingerprint density at radius 3 is 2.50 bits per heavy atom. The molecule has 0 aliphatic carbocycles. The van der Waals surface area contributed by atoms with Gasteiger partial charge in [0, 0.05) is 13.1 Å². The van der Waals surface area contributed by atoms with Crippen LogP contribution in [0.15, 0.2) is 29.2 Å². The van der Waals surface area contributed by atoms with E-state index in [1.165, 1.54) is 28.6 Å². The molecule has 1 aromatic rings. The van der Waals surface area contributed by atoms with Crippen LogP contribution in [0.3, 0.4) is 0 Å². The monoisotopic (exact) mass is 271 g/mol. The van der Waals surface area contributed by atoms with E-state index in [1.54, 1.807) is 0 Å². The molecule has 98 valence electrons. The van der Waals surface area contributed by atoms with E-state index in [1.807, 2.05) is 0 Å². The highest BCUT2D eigenvalue weighted by Gasteiger charge is 2.27. The lowest BCUT2D eigenvalue weighted by Crippen LogP contribution is -2.41.